The van der Waals surface area contributed by atoms with Crippen molar-refractivity contribution < 1.29 is 17.9 Å². The van der Waals surface area contributed by atoms with Gasteiger partial charge in [-0.15, -0.1) is 0 Å². The summed E-state index contributed by atoms with van der Waals surface area (Å²) < 4.78 is 34.2. The fourth-order valence-electron chi connectivity index (χ4n) is 3.81. The third kappa shape index (κ3) is 5.46. The Bertz CT molecular complexity index is 1010. The molecule has 3 rings (SSSR count). The lowest BCUT2D eigenvalue weighted by Gasteiger charge is -2.30. The number of rotatable bonds is 7. The topological polar surface area (TPSA) is 75.7 Å². The van der Waals surface area contributed by atoms with Crippen LogP contribution in [0.25, 0.3) is 0 Å². The van der Waals surface area contributed by atoms with Crippen molar-refractivity contribution in [2.75, 3.05) is 20.2 Å². The van der Waals surface area contributed by atoms with E-state index in [-0.39, 0.29) is 16.4 Å². The number of carbonyl (C=O) groups excluding carboxylic acids is 1. The zero-order chi connectivity index (χ0) is 22.6. The van der Waals surface area contributed by atoms with Crippen LogP contribution in [-0.4, -0.2) is 39.4 Å². The van der Waals surface area contributed by atoms with Crippen LogP contribution in [0.2, 0.25) is 0 Å². The molecular weight excluding hydrogens is 412 g/mol. The summed E-state index contributed by atoms with van der Waals surface area (Å²) in [7, 11) is -2.34. The van der Waals surface area contributed by atoms with Crippen LogP contribution < -0.4 is 9.46 Å². The van der Waals surface area contributed by atoms with E-state index in [1.54, 1.807) is 11.0 Å². The largest absolute Gasteiger partial charge is 0.496 e. The van der Waals surface area contributed by atoms with Gasteiger partial charge in [0.2, 0.25) is 10.0 Å². The lowest BCUT2D eigenvalue weighted by Crippen LogP contribution is -2.38. The Morgan fingerprint density at radius 2 is 1.81 bits per heavy atom. The first-order valence-electron chi connectivity index (χ1n) is 10.8. The number of ether oxygens (including phenoxy) is 1. The minimum absolute atomic E-state index is 0.0547. The summed E-state index contributed by atoms with van der Waals surface area (Å²) in [6, 6.07) is 11.9. The van der Waals surface area contributed by atoms with Crippen LogP contribution >= 0.6 is 0 Å². The van der Waals surface area contributed by atoms with Gasteiger partial charge in [-0.3, -0.25) is 4.79 Å². The fourth-order valence-corrected chi connectivity index (χ4v) is 5.07. The van der Waals surface area contributed by atoms with Crippen LogP contribution in [0.4, 0.5) is 0 Å². The summed E-state index contributed by atoms with van der Waals surface area (Å²) in [6.45, 7) is 7.40. The molecule has 7 heteroatoms. The SMILES string of the molecule is CCc1ccc([C@@H](C)NS(=O)(=O)c2ccc(OC)c(C(=O)N3CCC(C)CC3)c2)cc1. The number of aryl methyl sites for hydroxylation is 1. The van der Waals surface area contributed by atoms with Crippen LogP contribution in [0.5, 0.6) is 5.75 Å². The molecule has 2 aromatic carbocycles. The van der Waals surface area contributed by atoms with Crippen molar-refractivity contribution in [1.82, 2.24) is 9.62 Å². The summed E-state index contributed by atoms with van der Waals surface area (Å²) in [5.74, 6) is 0.782. The van der Waals surface area contributed by atoms with Gasteiger partial charge in [-0.2, -0.15) is 0 Å². The van der Waals surface area contributed by atoms with E-state index in [0.29, 0.717) is 24.8 Å². The second-order valence-electron chi connectivity index (χ2n) is 8.27. The van der Waals surface area contributed by atoms with E-state index in [2.05, 4.69) is 18.6 Å². The maximum absolute atomic E-state index is 13.1. The Balaban J connectivity index is 1.83. The molecule has 1 saturated heterocycles. The van der Waals surface area contributed by atoms with Gasteiger partial charge in [-0.1, -0.05) is 38.1 Å². The van der Waals surface area contributed by atoms with Gasteiger partial charge < -0.3 is 9.64 Å². The summed E-state index contributed by atoms with van der Waals surface area (Å²) in [5, 5.41) is 0. The highest BCUT2D eigenvalue weighted by molar-refractivity contribution is 7.89. The van der Waals surface area contributed by atoms with Gasteiger partial charge in [-0.25, -0.2) is 13.1 Å². The Morgan fingerprint density at radius 3 is 2.39 bits per heavy atom. The molecule has 0 spiro atoms. The molecule has 1 amide bonds. The van der Waals surface area contributed by atoms with E-state index in [4.69, 9.17) is 4.74 Å². The number of carbonyl (C=O) groups is 1. The molecule has 0 aromatic heterocycles. The van der Waals surface area contributed by atoms with Crippen LogP contribution in [0.15, 0.2) is 47.4 Å². The highest BCUT2D eigenvalue weighted by Gasteiger charge is 2.26. The highest BCUT2D eigenvalue weighted by atomic mass is 32.2. The summed E-state index contributed by atoms with van der Waals surface area (Å²) >= 11 is 0. The van der Waals surface area contributed by atoms with Crippen LogP contribution in [0.1, 0.15) is 61.1 Å². The predicted molar refractivity (Wildman–Crippen MR) is 122 cm³/mol. The molecule has 1 aliphatic rings. The molecule has 1 atom stereocenters. The van der Waals surface area contributed by atoms with Crippen molar-refractivity contribution in [1.29, 1.82) is 0 Å². The number of benzene rings is 2. The van der Waals surface area contributed by atoms with Gasteiger partial charge in [0.05, 0.1) is 17.6 Å². The third-order valence-corrected chi connectivity index (χ3v) is 7.54. The van der Waals surface area contributed by atoms with Gasteiger partial charge in [0.25, 0.3) is 5.91 Å². The molecular formula is C24H32N2O4S. The zero-order valence-corrected chi connectivity index (χ0v) is 19.5. The number of piperidine rings is 1. The maximum Gasteiger partial charge on any atom is 0.257 e. The van der Waals surface area contributed by atoms with Crippen LogP contribution in [0.3, 0.4) is 0 Å². The van der Waals surface area contributed by atoms with Crippen molar-refractivity contribution in [3.63, 3.8) is 0 Å². The van der Waals surface area contributed by atoms with Gasteiger partial charge in [-0.05, 0) is 61.4 Å². The number of likely N-dealkylation sites (tertiary alicyclic amines) is 1. The van der Waals surface area contributed by atoms with E-state index in [1.165, 1.54) is 24.8 Å². The minimum Gasteiger partial charge on any atom is -0.496 e. The third-order valence-electron chi connectivity index (χ3n) is 6.00. The van der Waals surface area contributed by atoms with Crippen LogP contribution in [-0.2, 0) is 16.4 Å². The first kappa shape index (κ1) is 23.3. The number of nitrogens with one attached hydrogen (secondary N) is 1. The Labute approximate surface area is 185 Å². The second-order valence-corrected chi connectivity index (χ2v) is 9.99. The molecule has 0 radical (unpaired) electrons. The van der Waals surface area contributed by atoms with Crippen molar-refractivity contribution in [2.24, 2.45) is 5.92 Å². The maximum atomic E-state index is 13.1. The zero-order valence-electron chi connectivity index (χ0n) is 18.7. The van der Waals surface area contributed by atoms with E-state index in [9.17, 15) is 13.2 Å². The minimum atomic E-state index is -3.82. The number of hydrogen-bond acceptors (Lipinski definition) is 4. The molecule has 168 valence electrons. The van der Waals surface area contributed by atoms with E-state index in [1.807, 2.05) is 31.2 Å². The summed E-state index contributed by atoms with van der Waals surface area (Å²) in [6.07, 6.45) is 2.82. The Morgan fingerprint density at radius 1 is 1.16 bits per heavy atom. The molecule has 31 heavy (non-hydrogen) atoms. The number of nitrogens with zero attached hydrogens (tertiary/aromatic N) is 1. The summed E-state index contributed by atoms with van der Waals surface area (Å²) in [4.78, 5) is 14.9. The van der Waals surface area contributed by atoms with E-state index in [0.717, 1.165) is 24.8 Å². The second kappa shape index (κ2) is 9.83. The predicted octanol–water partition coefficient (Wildman–Crippen LogP) is 4.17. The molecule has 2 aromatic rings. The molecule has 1 heterocycles. The standard InChI is InChI=1S/C24H32N2O4S/c1-5-19-6-8-20(9-7-19)18(3)25-31(28,29)21-10-11-23(30-4)22(16-21)24(27)26-14-12-17(2)13-15-26/h6-11,16-18,25H,5,12-15H2,1-4H3/t18-/m1/s1. The average molecular weight is 445 g/mol. The van der Waals surface area contributed by atoms with Gasteiger partial charge in [0.1, 0.15) is 5.75 Å². The molecule has 1 fully saturated rings. The van der Waals surface area contributed by atoms with E-state index < -0.39 is 16.1 Å². The van der Waals surface area contributed by atoms with E-state index >= 15 is 0 Å². The lowest BCUT2D eigenvalue weighted by molar-refractivity contribution is 0.0693. The summed E-state index contributed by atoms with van der Waals surface area (Å²) in [5.41, 5.74) is 2.36. The first-order chi connectivity index (χ1) is 14.7. The van der Waals surface area contributed by atoms with Crippen molar-refractivity contribution in [2.45, 2.75) is 51.0 Å². The van der Waals surface area contributed by atoms with Gasteiger partial charge in [0, 0.05) is 19.1 Å². The average Bonchev–Trinajstić information content (AvgIpc) is 2.78. The highest BCUT2D eigenvalue weighted by Crippen LogP contribution is 2.27. The quantitative estimate of drug-likeness (QED) is 0.695. The molecule has 1 aliphatic heterocycles. The van der Waals surface area contributed by atoms with Crippen molar-refractivity contribution >= 4 is 15.9 Å². The monoisotopic (exact) mass is 444 g/mol. The molecule has 0 bridgehead atoms. The van der Waals surface area contributed by atoms with Crippen LogP contribution in [0, 0.1) is 5.92 Å². The van der Waals surface area contributed by atoms with Crippen molar-refractivity contribution in [3.8, 4) is 5.75 Å². The smallest absolute Gasteiger partial charge is 0.257 e. The number of hydrogen-bond donors (Lipinski definition) is 1. The Hall–Kier alpha value is -2.38. The molecule has 1 N–H and O–H groups in total. The molecule has 6 nitrogen and oxygen atoms in total. The first-order valence-corrected chi connectivity index (χ1v) is 12.3. The molecule has 0 unspecified atom stereocenters. The number of sulfonamides is 1. The van der Waals surface area contributed by atoms with Gasteiger partial charge in [0.15, 0.2) is 0 Å². The lowest BCUT2D eigenvalue weighted by atomic mass is 9.98. The fraction of sp³-hybridized carbons (Fsp3) is 0.458. The molecule has 0 saturated carbocycles. The molecule has 0 aliphatic carbocycles. The normalized spacial score (nSPS) is 16.2. The number of methoxy groups -OCH3 is 1. The van der Waals surface area contributed by atoms with Gasteiger partial charge >= 0.3 is 0 Å². The Kier molecular flexibility index (Phi) is 7.38. The van der Waals surface area contributed by atoms with Crippen molar-refractivity contribution in [3.05, 3.63) is 59.2 Å². The number of amides is 1.